The molecule has 15 heavy (non-hydrogen) atoms. The van der Waals surface area contributed by atoms with E-state index in [-0.39, 0.29) is 23.0 Å². The minimum atomic E-state index is -2.96. The predicted octanol–water partition coefficient (Wildman–Crippen LogP) is 1.83. The Morgan fingerprint density at radius 3 is 2.07 bits per heavy atom. The summed E-state index contributed by atoms with van der Waals surface area (Å²) in [7, 11) is -1.13. The lowest BCUT2D eigenvalue weighted by Crippen LogP contribution is -2.37. The van der Waals surface area contributed by atoms with Crippen molar-refractivity contribution in [1.29, 1.82) is 0 Å². The third-order valence-corrected chi connectivity index (χ3v) is 5.53. The van der Waals surface area contributed by atoms with Crippen LogP contribution in [0, 0.1) is 5.92 Å². The fraction of sp³-hybridized carbons (Fsp3) is 1.00. The number of hydrogen-bond acceptors (Lipinski definition) is 3. The third-order valence-electron chi connectivity index (χ3n) is 2.98. The summed E-state index contributed by atoms with van der Waals surface area (Å²) in [4.78, 5) is 0. The number of hydrogen-bond donors (Lipinski definition) is 1. The van der Waals surface area contributed by atoms with Crippen molar-refractivity contribution in [3.8, 4) is 0 Å². The van der Waals surface area contributed by atoms with Gasteiger partial charge < -0.3 is 5.32 Å². The first-order valence-electron chi connectivity index (χ1n) is 5.74. The van der Waals surface area contributed by atoms with Crippen molar-refractivity contribution in [3.63, 3.8) is 0 Å². The number of rotatable bonds is 7. The van der Waals surface area contributed by atoms with Crippen LogP contribution in [-0.4, -0.2) is 32.5 Å². The summed E-state index contributed by atoms with van der Waals surface area (Å²) in [6.45, 7) is 7.79. The van der Waals surface area contributed by atoms with Gasteiger partial charge in [-0.25, -0.2) is 8.42 Å². The second-order valence-electron chi connectivity index (χ2n) is 4.55. The maximum absolute atomic E-state index is 12.0. The van der Waals surface area contributed by atoms with Crippen LogP contribution in [0.25, 0.3) is 0 Å². The molecule has 2 unspecified atom stereocenters. The fourth-order valence-corrected chi connectivity index (χ4v) is 3.53. The predicted molar refractivity (Wildman–Crippen MR) is 65.8 cm³/mol. The molecule has 1 N–H and O–H groups in total. The Labute approximate surface area is 94.6 Å². The molecule has 3 nitrogen and oxygen atoms in total. The van der Waals surface area contributed by atoms with E-state index >= 15 is 0 Å². The van der Waals surface area contributed by atoms with Crippen molar-refractivity contribution in [1.82, 2.24) is 5.32 Å². The Balaban J connectivity index is 4.48. The molecule has 0 aromatic heterocycles. The van der Waals surface area contributed by atoms with Gasteiger partial charge in [0.15, 0.2) is 9.84 Å². The smallest absolute Gasteiger partial charge is 0.154 e. The van der Waals surface area contributed by atoms with E-state index in [2.05, 4.69) is 12.2 Å². The van der Waals surface area contributed by atoms with Gasteiger partial charge in [-0.05, 0) is 26.3 Å². The monoisotopic (exact) mass is 235 g/mol. The van der Waals surface area contributed by atoms with E-state index in [0.29, 0.717) is 0 Å². The van der Waals surface area contributed by atoms with E-state index < -0.39 is 9.84 Å². The Bertz CT molecular complexity index is 260. The molecule has 0 aliphatic carbocycles. The second kappa shape index (κ2) is 6.48. The molecule has 0 bridgehead atoms. The molecule has 0 radical (unpaired) electrons. The van der Waals surface area contributed by atoms with Gasteiger partial charge in [0.2, 0.25) is 0 Å². The topological polar surface area (TPSA) is 46.2 Å². The Morgan fingerprint density at radius 1 is 1.20 bits per heavy atom. The molecule has 0 rings (SSSR count). The lowest BCUT2D eigenvalue weighted by Gasteiger charge is -2.21. The molecule has 0 saturated heterocycles. The molecule has 2 atom stereocenters. The molecular formula is C11H25NO2S. The van der Waals surface area contributed by atoms with Gasteiger partial charge in [-0.15, -0.1) is 0 Å². The minimum Gasteiger partial charge on any atom is -0.316 e. The number of sulfone groups is 1. The fourth-order valence-electron chi connectivity index (χ4n) is 1.51. The van der Waals surface area contributed by atoms with E-state index in [1.807, 2.05) is 20.9 Å². The summed E-state index contributed by atoms with van der Waals surface area (Å²) < 4.78 is 24.0. The summed E-state index contributed by atoms with van der Waals surface area (Å²) in [6, 6.07) is 0.0983. The van der Waals surface area contributed by atoms with Gasteiger partial charge in [0.05, 0.1) is 11.0 Å². The molecule has 0 aliphatic rings. The second-order valence-corrected chi connectivity index (χ2v) is 6.96. The van der Waals surface area contributed by atoms with Crippen molar-refractivity contribution >= 4 is 9.84 Å². The molecule has 0 heterocycles. The number of nitrogens with one attached hydrogen (secondary N) is 1. The Hall–Kier alpha value is -0.0900. The molecule has 0 aliphatic heterocycles. The zero-order valence-corrected chi connectivity index (χ0v) is 11.4. The van der Waals surface area contributed by atoms with Crippen LogP contribution in [0.4, 0.5) is 0 Å². The average Bonchev–Trinajstić information content (AvgIpc) is 2.15. The largest absolute Gasteiger partial charge is 0.316 e. The first-order chi connectivity index (χ1) is 6.85. The molecular weight excluding hydrogens is 210 g/mol. The zero-order chi connectivity index (χ0) is 12.1. The lowest BCUT2D eigenvalue weighted by atomic mass is 10.2. The van der Waals surface area contributed by atoms with E-state index in [1.165, 1.54) is 0 Å². The summed E-state index contributed by atoms with van der Waals surface area (Å²) >= 11 is 0. The van der Waals surface area contributed by atoms with E-state index in [1.54, 1.807) is 6.92 Å². The van der Waals surface area contributed by atoms with E-state index in [0.717, 1.165) is 12.8 Å². The maximum Gasteiger partial charge on any atom is 0.154 e. The average molecular weight is 235 g/mol. The van der Waals surface area contributed by atoms with Crippen LogP contribution in [0.1, 0.15) is 40.5 Å². The van der Waals surface area contributed by atoms with Crippen molar-refractivity contribution in [2.45, 2.75) is 51.8 Å². The summed E-state index contributed by atoms with van der Waals surface area (Å²) in [6.07, 6.45) is 1.93. The van der Waals surface area contributed by atoms with Crippen LogP contribution in [0.2, 0.25) is 0 Å². The van der Waals surface area contributed by atoms with Gasteiger partial charge in [0.1, 0.15) is 0 Å². The summed E-state index contributed by atoms with van der Waals surface area (Å²) in [5, 5.41) is 2.83. The van der Waals surface area contributed by atoms with Gasteiger partial charge in [-0.1, -0.05) is 27.2 Å². The Morgan fingerprint density at radius 2 is 1.73 bits per heavy atom. The first kappa shape index (κ1) is 14.9. The van der Waals surface area contributed by atoms with Gasteiger partial charge in [0.25, 0.3) is 0 Å². The molecule has 0 amide bonds. The van der Waals surface area contributed by atoms with Gasteiger partial charge in [-0.3, -0.25) is 0 Å². The van der Waals surface area contributed by atoms with Crippen LogP contribution in [0.15, 0.2) is 0 Å². The van der Waals surface area contributed by atoms with Crippen LogP contribution in [0.5, 0.6) is 0 Å². The van der Waals surface area contributed by atoms with E-state index in [4.69, 9.17) is 0 Å². The highest BCUT2D eigenvalue weighted by atomic mass is 32.2. The molecule has 0 aromatic rings. The molecule has 0 aromatic carbocycles. The summed E-state index contributed by atoms with van der Waals surface area (Å²) in [5.41, 5.74) is 0. The minimum absolute atomic E-state index is 0.0983. The highest BCUT2D eigenvalue weighted by molar-refractivity contribution is 7.92. The third kappa shape index (κ3) is 4.98. The SMILES string of the molecule is CCCC(CS(=O)(=O)C(C)C(C)C)NC. The standard InChI is InChI=1S/C11H25NO2S/c1-6-7-11(12-5)8-15(13,14)10(4)9(2)3/h9-12H,6-8H2,1-5H3. The quantitative estimate of drug-likeness (QED) is 0.732. The lowest BCUT2D eigenvalue weighted by molar-refractivity contribution is 0.514. The van der Waals surface area contributed by atoms with Crippen molar-refractivity contribution in [2.24, 2.45) is 5.92 Å². The van der Waals surface area contributed by atoms with Gasteiger partial charge in [-0.2, -0.15) is 0 Å². The molecule has 0 fully saturated rings. The first-order valence-corrected chi connectivity index (χ1v) is 7.45. The van der Waals surface area contributed by atoms with E-state index in [9.17, 15) is 8.42 Å². The maximum atomic E-state index is 12.0. The molecule has 92 valence electrons. The van der Waals surface area contributed by atoms with Gasteiger partial charge in [0, 0.05) is 6.04 Å². The van der Waals surface area contributed by atoms with Crippen molar-refractivity contribution < 1.29 is 8.42 Å². The normalized spacial score (nSPS) is 16.7. The summed E-state index contributed by atoms with van der Waals surface area (Å²) in [5.74, 6) is 0.450. The highest BCUT2D eigenvalue weighted by Gasteiger charge is 2.26. The van der Waals surface area contributed by atoms with Crippen molar-refractivity contribution in [2.75, 3.05) is 12.8 Å². The molecule has 0 saturated carbocycles. The van der Waals surface area contributed by atoms with Crippen LogP contribution < -0.4 is 5.32 Å². The van der Waals surface area contributed by atoms with Crippen molar-refractivity contribution in [3.05, 3.63) is 0 Å². The highest BCUT2D eigenvalue weighted by Crippen LogP contribution is 2.14. The molecule has 4 heteroatoms. The molecule has 0 spiro atoms. The van der Waals surface area contributed by atoms with Crippen LogP contribution in [0.3, 0.4) is 0 Å². The van der Waals surface area contributed by atoms with Crippen LogP contribution >= 0.6 is 0 Å². The zero-order valence-electron chi connectivity index (χ0n) is 10.6. The Kier molecular flexibility index (Phi) is 6.44. The van der Waals surface area contributed by atoms with Crippen LogP contribution in [-0.2, 0) is 9.84 Å². The van der Waals surface area contributed by atoms with Gasteiger partial charge >= 0.3 is 0 Å².